The molecule has 0 unspecified atom stereocenters. The van der Waals surface area contributed by atoms with E-state index in [-0.39, 0.29) is 11.7 Å². The van der Waals surface area contributed by atoms with Gasteiger partial charge in [0.05, 0.1) is 5.54 Å². The third kappa shape index (κ3) is 2.70. The van der Waals surface area contributed by atoms with Gasteiger partial charge in [-0.25, -0.2) is 4.39 Å². The SMILES string of the molecule is Cc1cc(CCN(C)C(=O)C2(N)CC2)ccc1F. The molecule has 1 amide bonds. The molecule has 2 N–H and O–H groups in total. The minimum Gasteiger partial charge on any atom is -0.344 e. The van der Waals surface area contributed by atoms with Crippen LogP contribution in [0.5, 0.6) is 0 Å². The Balaban J connectivity index is 1.91. The zero-order valence-electron chi connectivity index (χ0n) is 10.9. The van der Waals surface area contributed by atoms with Crippen LogP contribution >= 0.6 is 0 Å². The summed E-state index contributed by atoms with van der Waals surface area (Å²) in [6, 6.07) is 5.05. The summed E-state index contributed by atoms with van der Waals surface area (Å²) in [5.74, 6) is -0.177. The molecule has 1 fully saturated rings. The van der Waals surface area contributed by atoms with Gasteiger partial charge < -0.3 is 10.6 Å². The van der Waals surface area contributed by atoms with Crippen molar-refractivity contribution >= 4 is 5.91 Å². The summed E-state index contributed by atoms with van der Waals surface area (Å²) in [4.78, 5) is 13.6. The van der Waals surface area contributed by atoms with Gasteiger partial charge in [-0.1, -0.05) is 12.1 Å². The fourth-order valence-electron chi connectivity index (χ4n) is 1.99. The van der Waals surface area contributed by atoms with Gasteiger partial charge in [-0.15, -0.1) is 0 Å². The van der Waals surface area contributed by atoms with Crippen LogP contribution in [0.1, 0.15) is 24.0 Å². The molecule has 0 aromatic heterocycles. The maximum absolute atomic E-state index is 13.1. The lowest BCUT2D eigenvalue weighted by atomic mass is 10.1. The highest BCUT2D eigenvalue weighted by atomic mass is 19.1. The lowest BCUT2D eigenvalue weighted by molar-refractivity contribution is -0.132. The molecule has 1 aromatic carbocycles. The second kappa shape index (κ2) is 4.69. The topological polar surface area (TPSA) is 46.3 Å². The minimum absolute atomic E-state index is 0.0151. The van der Waals surface area contributed by atoms with Gasteiger partial charge in [0.15, 0.2) is 0 Å². The van der Waals surface area contributed by atoms with Crippen molar-refractivity contribution in [2.24, 2.45) is 5.73 Å². The molecule has 98 valence electrons. The Morgan fingerprint density at radius 3 is 2.72 bits per heavy atom. The molecular weight excluding hydrogens is 231 g/mol. The van der Waals surface area contributed by atoms with Crippen molar-refractivity contribution in [3.05, 3.63) is 35.1 Å². The Kier molecular flexibility index (Phi) is 3.39. The van der Waals surface area contributed by atoms with Crippen molar-refractivity contribution in [3.8, 4) is 0 Å². The quantitative estimate of drug-likeness (QED) is 0.882. The third-order valence-electron chi connectivity index (χ3n) is 3.52. The Hall–Kier alpha value is -1.42. The number of benzene rings is 1. The first kappa shape index (κ1) is 13.0. The molecule has 2 rings (SSSR count). The summed E-state index contributed by atoms with van der Waals surface area (Å²) in [5, 5.41) is 0. The van der Waals surface area contributed by atoms with Gasteiger partial charge in [-0.3, -0.25) is 4.79 Å². The van der Waals surface area contributed by atoms with Crippen LogP contribution in [-0.2, 0) is 11.2 Å². The molecule has 0 spiro atoms. The molecule has 1 saturated carbocycles. The van der Waals surface area contributed by atoms with Crippen molar-refractivity contribution in [2.75, 3.05) is 13.6 Å². The summed E-state index contributed by atoms with van der Waals surface area (Å²) in [6.45, 7) is 2.36. The average Bonchev–Trinajstić information content (AvgIpc) is 3.09. The molecular formula is C14H19FN2O. The van der Waals surface area contributed by atoms with E-state index >= 15 is 0 Å². The van der Waals surface area contributed by atoms with E-state index in [4.69, 9.17) is 5.73 Å². The standard InChI is InChI=1S/C14H19FN2O/c1-10-9-11(3-4-12(10)15)5-8-17(2)13(18)14(16)6-7-14/h3-4,9H,5-8,16H2,1-2H3. The summed E-state index contributed by atoms with van der Waals surface area (Å²) in [7, 11) is 1.77. The minimum atomic E-state index is -0.604. The summed E-state index contributed by atoms with van der Waals surface area (Å²) < 4.78 is 13.1. The van der Waals surface area contributed by atoms with Crippen LogP contribution in [0.25, 0.3) is 0 Å². The van der Waals surface area contributed by atoms with Crippen LogP contribution in [0.4, 0.5) is 4.39 Å². The molecule has 1 aliphatic rings. The molecule has 0 heterocycles. The maximum atomic E-state index is 13.1. The van der Waals surface area contributed by atoms with Gasteiger partial charge in [-0.2, -0.15) is 0 Å². The van der Waals surface area contributed by atoms with Gasteiger partial charge in [0.2, 0.25) is 5.91 Å². The molecule has 0 bridgehead atoms. The van der Waals surface area contributed by atoms with Crippen molar-refractivity contribution in [3.63, 3.8) is 0 Å². The predicted octanol–water partition coefficient (Wildman–Crippen LogP) is 1.63. The molecule has 3 nitrogen and oxygen atoms in total. The number of likely N-dealkylation sites (N-methyl/N-ethyl adjacent to an activating group) is 1. The van der Waals surface area contributed by atoms with E-state index in [9.17, 15) is 9.18 Å². The molecule has 1 aromatic rings. The number of halogens is 1. The van der Waals surface area contributed by atoms with Gasteiger partial charge in [0, 0.05) is 13.6 Å². The summed E-state index contributed by atoms with van der Waals surface area (Å²) in [6.07, 6.45) is 2.29. The first-order chi connectivity index (χ1) is 8.42. The lowest BCUT2D eigenvalue weighted by Gasteiger charge is -2.20. The number of hydrogen-bond acceptors (Lipinski definition) is 2. The molecule has 4 heteroatoms. The molecule has 0 radical (unpaired) electrons. The molecule has 0 saturated heterocycles. The van der Waals surface area contributed by atoms with Crippen molar-refractivity contribution in [2.45, 2.75) is 31.7 Å². The van der Waals surface area contributed by atoms with Crippen LogP contribution in [0, 0.1) is 12.7 Å². The number of amides is 1. The molecule has 0 atom stereocenters. The van der Waals surface area contributed by atoms with E-state index in [1.165, 1.54) is 6.07 Å². The Morgan fingerprint density at radius 2 is 2.17 bits per heavy atom. The van der Waals surface area contributed by atoms with Crippen molar-refractivity contribution in [1.82, 2.24) is 4.90 Å². The summed E-state index contributed by atoms with van der Waals surface area (Å²) in [5.41, 5.74) is 6.93. The fraction of sp³-hybridized carbons (Fsp3) is 0.500. The number of carbonyl (C=O) groups excluding carboxylic acids is 1. The molecule has 18 heavy (non-hydrogen) atoms. The lowest BCUT2D eigenvalue weighted by Crippen LogP contribution is -2.44. The monoisotopic (exact) mass is 250 g/mol. The van der Waals surface area contributed by atoms with Gasteiger partial charge >= 0.3 is 0 Å². The zero-order valence-corrected chi connectivity index (χ0v) is 10.9. The van der Waals surface area contributed by atoms with E-state index < -0.39 is 5.54 Å². The zero-order chi connectivity index (χ0) is 13.3. The number of carbonyl (C=O) groups is 1. The van der Waals surface area contributed by atoms with Gasteiger partial charge in [-0.05, 0) is 43.4 Å². The average molecular weight is 250 g/mol. The first-order valence-electron chi connectivity index (χ1n) is 6.22. The van der Waals surface area contributed by atoms with Gasteiger partial charge in [0.25, 0.3) is 0 Å². The number of rotatable bonds is 4. The number of nitrogens with two attached hydrogens (primary N) is 1. The van der Waals surface area contributed by atoms with Crippen molar-refractivity contribution in [1.29, 1.82) is 0 Å². The van der Waals surface area contributed by atoms with E-state index in [1.54, 1.807) is 24.9 Å². The highest BCUT2D eigenvalue weighted by molar-refractivity contribution is 5.88. The number of aryl methyl sites for hydroxylation is 1. The van der Waals surface area contributed by atoms with Crippen LogP contribution in [-0.4, -0.2) is 29.9 Å². The maximum Gasteiger partial charge on any atom is 0.242 e. The highest BCUT2D eigenvalue weighted by Gasteiger charge is 2.47. The predicted molar refractivity (Wildman–Crippen MR) is 68.6 cm³/mol. The second-order valence-corrected chi connectivity index (χ2v) is 5.22. The Bertz CT molecular complexity index is 469. The third-order valence-corrected chi connectivity index (χ3v) is 3.52. The Labute approximate surface area is 107 Å². The largest absolute Gasteiger partial charge is 0.344 e. The fourth-order valence-corrected chi connectivity index (χ4v) is 1.99. The molecule has 1 aliphatic carbocycles. The molecule has 0 aliphatic heterocycles. The van der Waals surface area contributed by atoms with E-state index in [1.807, 2.05) is 6.07 Å². The van der Waals surface area contributed by atoms with Crippen LogP contribution in [0.3, 0.4) is 0 Å². The highest BCUT2D eigenvalue weighted by Crippen LogP contribution is 2.33. The Morgan fingerprint density at radius 1 is 1.50 bits per heavy atom. The smallest absolute Gasteiger partial charge is 0.242 e. The first-order valence-corrected chi connectivity index (χ1v) is 6.22. The number of nitrogens with zero attached hydrogens (tertiary/aromatic N) is 1. The second-order valence-electron chi connectivity index (χ2n) is 5.22. The number of hydrogen-bond donors (Lipinski definition) is 1. The van der Waals surface area contributed by atoms with E-state index in [0.717, 1.165) is 24.8 Å². The van der Waals surface area contributed by atoms with E-state index in [2.05, 4.69) is 0 Å². The van der Waals surface area contributed by atoms with Crippen molar-refractivity contribution < 1.29 is 9.18 Å². The van der Waals surface area contributed by atoms with Crippen LogP contribution < -0.4 is 5.73 Å². The van der Waals surface area contributed by atoms with E-state index in [0.29, 0.717) is 12.1 Å². The van der Waals surface area contributed by atoms with Crippen LogP contribution in [0.15, 0.2) is 18.2 Å². The van der Waals surface area contributed by atoms with Gasteiger partial charge in [0.1, 0.15) is 5.82 Å². The normalized spacial score (nSPS) is 16.4. The summed E-state index contributed by atoms with van der Waals surface area (Å²) >= 11 is 0. The van der Waals surface area contributed by atoms with Crippen LogP contribution in [0.2, 0.25) is 0 Å².